The Hall–Kier alpha value is -1.06. The summed E-state index contributed by atoms with van der Waals surface area (Å²) in [7, 11) is 0. The average Bonchev–Trinajstić information content (AvgIpc) is 2.88. The molecule has 19 heavy (non-hydrogen) atoms. The van der Waals surface area contributed by atoms with Crippen LogP contribution < -0.4 is 5.73 Å². The highest BCUT2D eigenvalue weighted by atomic mass is 16.2. The lowest BCUT2D eigenvalue weighted by Gasteiger charge is -2.29. The maximum Gasteiger partial charge on any atom is 0.240 e. The van der Waals surface area contributed by atoms with Crippen molar-refractivity contribution in [1.82, 2.24) is 4.90 Å². The number of likely N-dealkylation sites (tertiary alicyclic amines) is 1. The first-order chi connectivity index (χ1) is 9.09. The maximum atomic E-state index is 12.5. The Labute approximate surface area is 115 Å². The van der Waals surface area contributed by atoms with Crippen LogP contribution in [-0.2, 0) is 9.59 Å². The molecule has 4 heteroatoms. The van der Waals surface area contributed by atoms with Gasteiger partial charge in [0.05, 0.1) is 0 Å². The zero-order chi connectivity index (χ0) is 13.8. The third-order valence-corrected chi connectivity index (χ3v) is 4.70. The molecule has 4 nitrogen and oxygen atoms in total. The summed E-state index contributed by atoms with van der Waals surface area (Å²) in [5.74, 6) is 0.507. The first kappa shape index (κ1) is 14.4. The molecule has 1 heterocycles. The molecule has 2 rings (SSSR count). The molecule has 0 bridgehead atoms. The normalized spacial score (nSPS) is 26.4. The second-order valence-corrected chi connectivity index (χ2v) is 6.23. The van der Waals surface area contributed by atoms with Crippen molar-refractivity contribution in [3.8, 4) is 0 Å². The quantitative estimate of drug-likeness (QED) is 0.846. The fourth-order valence-corrected chi connectivity index (χ4v) is 3.63. The Morgan fingerprint density at radius 1 is 1.16 bits per heavy atom. The van der Waals surface area contributed by atoms with E-state index in [0.717, 1.165) is 19.3 Å². The number of hydrogen-bond donors (Lipinski definition) is 1. The van der Waals surface area contributed by atoms with Gasteiger partial charge in [0.1, 0.15) is 6.04 Å². The van der Waals surface area contributed by atoms with E-state index in [4.69, 9.17) is 5.73 Å². The summed E-state index contributed by atoms with van der Waals surface area (Å²) in [5.41, 5.74) is 5.38. The summed E-state index contributed by atoms with van der Waals surface area (Å²) >= 11 is 0. The molecule has 1 aliphatic heterocycles. The van der Waals surface area contributed by atoms with Gasteiger partial charge in [0.25, 0.3) is 0 Å². The molecule has 1 saturated carbocycles. The minimum absolute atomic E-state index is 0.0306. The summed E-state index contributed by atoms with van der Waals surface area (Å²) < 4.78 is 0. The summed E-state index contributed by atoms with van der Waals surface area (Å²) in [4.78, 5) is 25.5. The Kier molecular flexibility index (Phi) is 4.83. The molecule has 2 fully saturated rings. The molecular formula is C15H26N2O2. The SMILES string of the molecule is C[C@H](CC1CCCCC1)C(=O)N1CCC[C@H]1C(N)=O. The Morgan fingerprint density at radius 2 is 1.84 bits per heavy atom. The molecule has 0 unspecified atom stereocenters. The van der Waals surface area contributed by atoms with E-state index in [-0.39, 0.29) is 23.8 Å². The van der Waals surface area contributed by atoms with Gasteiger partial charge in [-0.3, -0.25) is 9.59 Å². The van der Waals surface area contributed by atoms with Gasteiger partial charge in [0, 0.05) is 12.5 Å². The number of nitrogens with zero attached hydrogens (tertiary/aromatic N) is 1. The summed E-state index contributed by atoms with van der Waals surface area (Å²) in [5, 5.41) is 0. The lowest BCUT2D eigenvalue weighted by molar-refractivity contribution is -0.140. The Morgan fingerprint density at radius 3 is 2.47 bits per heavy atom. The van der Waals surface area contributed by atoms with Gasteiger partial charge >= 0.3 is 0 Å². The number of amides is 2. The highest BCUT2D eigenvalue weighted by molar-refractivity contribution is 5.88. The predicted molar refractivity (Wildman–Crippen MR) is 74.3 cm³/mol. The van der Waals surface area contributed by atoms with Gasteiger partial charge in [-0.15, -0.1) is 0 Å². The molecule has 0 spiro atoms. The van der Waals surface area contributed by atoms with E-state index in [1.807, 2.05) is 6.92 Å². The van der Waals surface area contributed by atoms with Crippen molar-refractivity contribution in [3.05, 3.63) is 0 Å². The molecule has 0 radical (unpaired) electrons. The van der Waals surface area contributed by atoms with Crippen LogP contribution in [0.3, 0.4) is 0 Å². The zero-order valence-corrected chi connectivity index (χ0v) is 11.9. The summed E-state index contributed by atoms with van der Waals surface area (Å²) in [6, 6.07) is -0.360. The van der Waals surface area contributed by atoms with E-state index in [1.165, 1.54) is 32.1 Å². The zero-order valence-electron chi connectivity index (χ0n) is 11.9. The van der Waals surface area contributed by atoms with Gasteiger partial charge in [-0.25, -0.2) is 0 Å². The predicted octanol–water partition coefficient (Wildman–Crippen LogP) is 2.07. The van der Waals surface area contributed by atoms with Crippen molar-refractivity contribution in [3.63, 3.8) is 0 Å². The Balaban J connectivity index is 1.89. The third-order valence-electron chi connectivity index (χ3n) is 4.70. The molecule has 0 aromatic rings. The average molecular weight is 266 g/mol. The number of primary amides is 1. The van der Waals surface area contributed by atoms with Gasteiger partial charge in [-0.1, -0.05) is 39.0 Å². The van der Waals surface area contributed by atoms with Gasteiger partial charge in [-0.05, 0) is 25.2 Å². The maximum absolute atomic E-state index is 12.5. The van der Waals surface area contributed by atoms with Gasteiger partial charge < -0.3 is 10.6 Å². The molecule has 0 aromatic carbocycles. The number of nitrogens with two attached hydrogens (primary N) is 1. The van der Waals surface area contributed by atoms with E-state index in [1.54, 1.807) is 4.90 Å². The smallest absolute Gasteiger partial charge is 0.240 e. The lowest BCUT2D eigenvalue weighted by Crippen LogP contribution is -2.45. The van der Waals surface area contributed by atoms with E-state index in [9.17, 15) is 9.59 Å². The van der Waals surface area contributed by atoms with Crippen LogP contribution in [0.4, 0.5) is 0 Å². The van der Waals surface area contributed by atoms with Gasteiger partial charge in [0.15, 0.2) is 0 Å². The fourth-order valence-electron chi connectivity index (χ4n) is 3.63. The molecule has 1 aliphatic carbocycles. The first-order valence-electron chi connectivity index (χ1n) is 7.69. The largest absolute Gasteiger partial charge is 0.368 e. The van der Waals surface area contributed by atoms with Crippen LogP contribution >= 0.6 is 0 Å². The van der Waals surface area contributed by atoms with Gasteiger partial charge in [0.2, 0.25) is 11.8 Å². The van der Waals surface area contributed by atoms with Crippen molar-refractivity contribution >= 4 is 11.8 Å². The minimum atomic E-state index is -0.360. The van der Waals surface area contributed by atoms with E-state index >= 15 is 0 Å². The van der Waals surface area contributed by atoms with Crippen LogP contribution in [0.5, 0.6) is 0 Å². The van der Waals surface area contributed by atoms with E-state index in [0.29, 0.717) is 12.5 Å². The molecule has 2 N–H and O–H groups in total. The van der Waals surface area contributed by atoms with Crippen LogP contribution in [0.25, 0.3) is 0 Å². The van der Waals surface area contributed by atoms with Crippen molar-refractivity contribution in [2.45, 2.75) is 64.3 Å². The van der Waals surface area contributed by atoms with E-state index in [2.05, 4.69) is 0 Å². The molecule has 1 saturated heterocycles. The molecule has 108 valence electrons. The van der Waals surface area contributed by atoms with Crippen molar-refractivity contribution in [2.24, 2.45) is 17.6 Å². The van der Waals surface area contributed by atoms with Crippen LogP contribution in [-0.4, -0.2) is 29.3 Å². The summed E-state index contributed by atoms with van der Waals surface area (Å²) in [6.07, 6.45) is 9.08. The van der Waals surface area contributed by atoms with Crippen molar-refractivity contribution in [2.75, 3.05) is 6.54 Å². The number of carbonyl (C=O) groups excluding carboxylic acids is 2. The second-order valence-electron chi connectivity index (χ2n) is 6.23. The molecular weight excluding hydrogens is 240 g/mol. The highest BCUT2D eigenvalue weighted by Crippen LogP contribution is 2.30. The second kappa shape index (κ2) is 6.40. The van der Waals surface area contributed by atoms with Crippen LogP contribution in [0.15, 0.2) is 0 Å². The molecule has 2 aliphatic rings. The fraction of sp³-hybridized carbons (Fsp3) is 0.867. The van der Waals surface area contributed by atoms with Crippen molar-refractivity contribution in [1.29, 1.82) is 0 Å². The molecule has 2 atom stereocenters. The monoisotopic (exact) mass is 266 g/mol. The van der Waals surface area contributed by atoms with Crippen LogP contribution in [0.1, 0.15) is 58.3 Å². The van der Waals surface area contributed by atoms with Gasteiger partial charge in [-0.2, -0.15) is 0 Å². The molecule has 0 aromatic heterocycles. The first-order valence-corrected chi connectivity index (χ1v) is 7.69. The topological polar surface area (TPSA) is 63.4 Å². The van der Waals surface area contributed by atoms with Crippen LogP contribution in [0.2, 0.25) is 0 Å². The van der Waals surface area contributed by atoms with E-state index < -0.39 is 0 Å². The number of carbonyl (C=O) groups is 2. The Bertz CT molecular complexity index is 337. The van der Waals surface area contributed by atoms with Crippen LogP contribution in [0, 0.1) is 11.8 Å². The standard InChI is InChI=1S/C15H26N2O2/c1-11(10-12-6-3-2-4-7-12)15(19)17-9-5-8-13(17)14(16)18/h11-13H,2-10H2,1H3,(H2,16,18)/t11-,13+/m1/s1. The third kappa shape index (κ3) is 3.48. The minimum Gasteiger partial charge on any atom is -0.368 e. The van der Waals surface area contributed by atoms with Crippen molar-refractivity contribution < 1.29 is 9.59 Å². The lowest BCUT2D eigenvalue weighted by atomic mass is 9.83. The number of hydrogen-bond acceptors (Lipinski definition) is 2. The highest BCUT2D eigenvalue weighted by Gasteiger charge is 2.35. The number of rotatable bonds is 4. The molecule has 2 amide bonds. The summed E-state index contributed by atoms with van der Waals surface area (Å²) in [6.45, 7) is 2.70.